The molecule has 0 aromatic heterocycles. The van der Waals surface area contributed by atoms with Gasteiger partial charge in [0.15, 0.2) is 0 Å². The first kappa shape index (κ1) is 14.3. The van der Waals surface area contributed by atoms with Crippen molar-refractivity contribution in [2.45, 2.75) is 17.7 Å². The summed E-state index contributed by atoms with van der Waals surface area (Å²) in [6.07, 6.45) is -10.1. The lowest BCUT2D eigenvalue weighted by atomic mass is 10.0. The summed E-state index contributed by atoms with van der Waals surface area (Å²) in [5.74, 6) is -1.54. The van der Waals surface area contributed by atoms with Gasteiger partial charge in [-0.1, -0.05) is 15.9 Å². The maximum atomic E-state index is 13.1. The Balaban J connectivity index is 3.51. The molecule has 0 nitrogen and oxygen atoms in total. The van der Waals surface area contributed by atoms with Gasteiger partial charge in [0.25, 0.3) is 0 Å². The van der Waals surface area contributed by atoms with Crippen molar-refractivity contribution in [2.24, 2.45) is 0 Å². The van der Waals surface area contributed by atoms with Crippen molar-refractivity contribution in [1.82, 2.24) is 0 Å². The van der Waals surface area contributed by atoms with Crippen LogP contribution in [0.25, 0.3) is 0 Å². The largest absolute Gasteiger partial charge is 0.416 e. The Morgan fingerprint density at radius 3 is 1.82 bits per heavy atom. The summed E-state index contributed by atoms with van der Waals surface area (Å²) in [7, 11) is 0. The molecule has 17 heavy (non-hydrogen) atoms. The number of hydrogen-bond donors (Lipinski definition) is 0. The van der Waals surface area contributed by atoms with Gasteiger partial charge in [0, 0.05) is 10.9 Å². The van der Waals surface area contributed by atoms with Gasteiger partial charge in [-0.05, 0) is 12.1 Å². The highest BCUT2D eigenvalue weighted by Crippen LogP contribution is 2.39. The highest BCUT2D eigenvalue weighted by Gasteiger charge is 2.39. The van der Waals surface area contributed by atoms with Gasteiger partial charge in [-0.2, -0.15) is 26.3 Å². The summed E-state index contributed by atoms with van der Waals surface area (Å²) in [6.45, 7) is 0. The van der Waals surface area contributed by atoms with Crippen LogP contribution in [0.1, 0.15) is 16.7 Å². The summed E-state index contributed by atoms with van der Waals surface area (Å²) in [5, 5.41) is -0.522. The van der Waals surface area contributed by atoms with Crippen LogP contribution < -0.4 is 0 Å². The van der Waals surface area contributed by atoms with Crippen molar-refractivity contribution in [3.05, 3.63) is 34.6 Å². The van der Waals surface area contributed by atoms with Crippen LogP contribution >= 0.6 is 15.9 Å². The van der Waals surface area contributed by atoms with Crippen molar-refractivity contribution in [2.75, 3.05) is 0 Å². The van der Waals surface area contributed by atoms with E-state index in [1.165, 1.54) is 0 Å². The molecule has 0 amide bonds. The van der Waals surface area contributed by atoms with Crippen LogP contribution in [0.5, 0.6) is 0 Å². The molecule has 0 aliphatic rings. The van der Waals surface area contributed by atoms with Crippen molar-refractivity contribution >= 4 is 15.9 Å². The fourth-order valence-electron chi connectivity index (χ4n) is 1.19. The molecule has 0 unspecified atom stereocenters. The van der Waals surface area contributed by atoms with E-state index < -0.39 is 40.2 Å². The summed E-state index contributed by atoms with van der Waals surface area (Å²) in [4.78, 5) is 0. The van der Waals surface area contributed by atoms with E-state index >= 15 is 0 Å². The van der Waals surface area contributed by atoms with Crippen LogP contribution in [-0.4, -0.2) is 0 Å². The first-order valence-electron chi connectivity index (χ1n) is 4.10. The summed E-state index contributed by atoms with van der Waals surface area (Å²) >= 11 is 2.61. The van der Waals surface area contributed by atoms with Gasteiger partial charge in [-0.25, -0.2) is 4.39 Å². The zero-order chi connectivity index (χ0) is 13.4. The highest BCUT2D eigenvalue weighted by molar-refractivity contribution is 9.08. The molecule has 8 heteroatoms. The molecule has 0 N–H and O–H groups in total. The minimum absolute atomic E-state index is 0.0475. The van der Waals surface area contributed by atoms with Crippen LogP contribution in [0.15, 0.2) is 12.1 Å². The lowest BCUT2D eigenvalue weighted by molar-refractivity contribution is -0.143. The summed E-state index contributed by atoms with van der Waals surface area (Å²) in [5.41, 5.74) is -4.13. The second-order valence-corrected chi connectivity index (χ2v) is 3.67. The van der Waals surface area contributed by atoms with E-state index in [-0.39, 0.29) is 12.1 Å². The Bertz CT molecular complexity index is 419. The highest BCUT2D eigenvalue weighted by atomic mass is 79.9. The molecule has 1 aromatic rings. The Hall–Kier alpha value is -0.790. The quantitative estimate of drug-likeness (QED) is 0.516. The first-order valence-corrected chi connectivity index (χ1v) is 5.22. The van der Waals surface area contributed by atoms with E-state index in [9.17, 15) is 30.7 Å². The maximum Gasteiger partial charge on any atom is 0.416 e. The van der Waals surface area contributed by atoms with Crippen LogP contribution in [0.2, 0.25) is 0 Å². The molecular formula is C9H4BrF7. The molecule has 0 aliphatic carbocycles. The molecule has 0 atom stereocenters. The molecule has 1 aromatic carbocycles. The first-order chi connectivity index (χ1) is 7.57. The van der Waals surface area contributed by atoms with E-state index in [0.29, 0.717) is 0 Å². The Kier molecular flexibility index (Phi) is 3.75. The predicted octanol–water partition coefficient (Wildman–Crippen LogP) is 4.76. The number of hydrogen-bond acceptors (Lipinski definition) is 0. The summed E-state index contributed by atoms with van der Waals surface area (Å²) < 4.78 is 87.1. The topological polar surface area (TPSA) is 0 Å². The van der Waals surface area contributed by atoms with Crippen LogP contribution in [0.3, 0.4) is 0 Å². The number of alkyl halides is 7. The second kappa shape index (κ2) is 4.47. The zero-order valence-electron chi connectivity index (χ0n) is 7.89. The van der Waals surface area contributed by atoms with E-state index in [0.717, 1.165) is 0 Å². The van der Waals surface area contributed by atoms with Gasteiger partial charge in [-0.3, -0.25) is 0 Å². The standard InChI is InChI=1S/C9H4BrF7/c10-3-5-6(9(15,16)17)1-4(2-7(5)11)8(12,13)14/h1-2H,3H2. The Morgan fingerprint density at radius 2 is 1.47 bits per heavy atom. The Labute approximate surface area is 99.6 Å². The molecule has 0 aliphatic heterocycles. The second-order valence-electron chi connectivity index (χ2n) is 3.11. The van der Waals surface area contributed by atoms with Gasteiger partial charge in [0.1, 0.15) is 5.82 Å². The molecule has 0 saturated carbocycles. The van der Waals surface area contributed by atoms with E-state index in [4.69, 9.17) is 0 Å². The molecule has 1 rings (SSSR count). The van der Waals surface area contributed by atoms with E-state index in [1.807, 2.05) is 0 Å². The average molecular weight is 325 g/mol. The molecule has 96 valence electrons. The van der Waals surface area contributed by atoms with Crippen molar-refractivity contribution < 1.29 is 30.7 Å². The number of benzene rings is 1. The summed E-state index contributed by atoms with van der Waals surface area (Å²) in [6, 6.07) is -0.0501. The van der Waals surface area contributed by atoms with Gasteiger partial charge in [0.05, 0.1) is 11.1 Å². The molecule has 0 fully saturated rings. The minimum Gasteiger partial charge on any atom is -0.207 e. The van der Waals surface area contributed by atoms with Gasteiger partial charge < -0.3 is 0 Å². The average Bonchev–Trinajstić information content (AvgIpc) is 2.13. The fraction of sp³-hybridized carbons (Fsp3) is 0.333. The molecule has 0 spiro atoms. The van der Waals surface area contributed by atoms with Crippen LogP contribution in [0, 0.1) is 5.82 Å². The molecule has 0 radical (unpaired) electrons. The van der Waals surface area contributed by atoms with Gasteiger partial charge in [-0.15, -0.1) is 0 Å². The maximum absolute atomic E-state index is 13.1. The molecule has 0 bridgehead atoms. The predicted molar refractivity (Wildman–Crippen MR) is 49.0 cm³/mol. The lowest BCUT2D eigenvalue weighted by Crippen LogP contribution is -2.14. The Morgan fingerprint density at radius 1 is 0.941 bits per heavy atom. The zero-order valence-corrected chi connectivity index (χ0v) is 9.47. The smallest absolute Gasteiger partial charge is 0.207 e. The van der Waals surface area contributed by atoms with Gasteiger partial charge >= 0.3 is 12.4 Å². The van der Waals surface area contributed by atoms with E-state index in [1.54, 1.807) is 0 Å². The third-order valence-electron chi connectivity index (χ3n) is 1.96. The third kappa shape index (κ3) is 3.11. The van der Waals surface area contributed by atoms with Gasteiger partial charge in [0.2, 0.25) is 0 Å². The molecule has 0 heterocycles. The normalized spacial score (nSPS) is 12.9. The fourth-order valence-corrected chi connectivity index (χ4v) is 1.76. The third-order valence-corrected chi connectivity index (χ3v) is 2.52. The van der Waals surface area contributed by atoms with Crippen molar-refractivity contribution in [1.29, 1.82) is 0 Å². The van der Waals surface area contributed by atoms with E-state index in [2.05, 4.69) is 15.9 Å². The SMILES string of the molecule is Fc1cc(C(F)(F)F)cc(C(F)(F)F)c1CBr. The molecular weight excluding hydrogens is 321 g/mol. The van der Waals surface area contributed by atoms with Crippen molar-refractivity contribution in [3.63, 3.8) is 0 Å². The number of halogens is 8. The van der Waals surface area contributed by atoms with Crippen molar-refractivity contribution in [3.8, 4) is 0 Å². The van der Waals surface area contributed by atoms with Crippen LogP contribution in [0.4, 0.5) is 30.7 Å². The molecule has 0 saturated heterocycles. The number of rotatable bonds is 1. The monoisotopic (exact) mass is 324 g/mol. The van der Waals surface area contributed by atoms with Crippen LogP contribution in [-0.2, 0) is 17.7 Å². The lowest BCUT2D eigenvalue weighted by Gasteiger charge is -2.15. The minimum atomic E-state index is -5.04.